The normalized spacial score (nSPS) is 11.3. The average molecular weight is 512 g/mol. The molecule has 0 fully saturated rings. The van der Waals surface area contributed by atoms with Gasteiger partial charge in [0.2, 0.25) is 0 Å². The number of rotatable bonds is 8. The van der Waals surface area contributed by atoms with Crippen molar-refractivity contribution in [2.75, 3.05) is 7.05 Å². The highest BCUT2D eigenvalue weighted by Crippen LogP contribution is 2.23. The maximum atomic E-state index is 14.0. The first-order chi connectivity index (χ1) is 13.0. The topological polar surface area (TPSA) is 71.7 Å². The molecule has 0 saturated heterocycles. The van der Waals surface area contributed by atoms with E-state index in [-0.39, 0.29) is 41.8 Å². The van der Waals surface area contributed by atoms with Crippen LogP contribution in [0, 0.1) is 5.82 Å². The minimum atomic E-state index is -3.03. The maximum absolute atomic E-state index is 14.0. The Balaban J connectivity index is 0.00000392. The summed E-state index contributed by atoms with van der Waals surface area (Å²) in [7, 11) is 1.56. The number of aliphatic imine (C=N–C) groups is 1. The van der Waals surface area contributed by atoms with Crippen LogP contribution in [-0.4, -0.2) is 24.8 Å². The molecule has 0 aliphatic rings. The van der Waals surface area contributed by atoms with Gasteiger partial charge in [0.15, 0.2) is 5.96 Å². The number of guanidine groups is 1. The van der Waals surface area contributed by atoms with E-state index in [4.69, 9.17) is 4.52 Å². The zero-order chi connectivity index (χ0) is 19.8. The minimum Gasteiger partial charge on any atom is -0.434 e. The molecule has 0 amide bonds. The van der Waals surface area contributed by atoms with Gasteiger partial charge in [-0.05, 0) is 18.6 Å². The van der Waals surface area contributed by atoms with E-state index in [9.17, 15) is 13.2 Å². The lowest BCUT2D eigenvalue weighted by atomic mass is 10.1. The third-order valence-electron chi connectivity index (χ3n) is 3.99. The fraction of sp³-hybridized carbons (Fsp3) is 0.444. The van der Waals surface area contributed by atoms with Gasteiger partial charge in [-0.2, -0.15) is 8.78 Å². The number of nitrogens with one attached hydrogen (secondary N) is 2. The highest BCUT2D eigenvalue weighted by molar-refractivity contribution is 14.0. The number of benzene rings is 1. The van der Waals surface area contributed by atoms with Gasteiger partial charge >= 0.3 is 6.61 Å². The molecule has 0 aliphatic carbocycles. The first kappa shape index (κ1) is 24.1. The zero-order valence-electron chi connectivity index (χ0n) is 15.9. The average Bonchev–Trinajstić information content (AvgIpc) is 3.05. The number of ether oxygens (including phenoxy) is 1. The molecule has 0 bridgehead atoms. The van der Waals surface area contributed by atoms with Crippen LogP contribution in [0.1, 0.15) is 36.4 Å². The smallest absolute Gasteiger partial charge is 0.387 e. The van der Waals surface area contributed by atoms with E-state index in [1.807, 2.05) is 13.8 Å². The van der Waals surface area contributed by atoms with Crippen molar-refractivity contribution in [1.29, 1.82) is 0 Å². The first-order valence-corrected chi connectivity index (χ1v) is 8.63. The van der Waals surface area contributed by atoms with Gasteiger partial charge in [-0.15, -0.1) is 24.0 Å². The summed E-state index contributed by atoms with van der Waals surface area (Å²) in [6, 6.07) is 3.79. The second-order valence-corrected chi connectivity index (χ2v) is 5.61. The molecular formula is C18H24F3IN4O2. The molecule has 0 atom stereocenters. The van der Waals surface area contributed by atoms with Crippen LogP contribution in [0.3, 0.4) is 0 Å². The summed E-state index contributed by atoms with van der Waals surface area (Å²) in [5.74, 6) is 0.313. The van der Waals surface area contributed by atoms with E-state index >= 15 is 0 Å². The van der Waals surface area contributed by atoms with Gasteiger partial charge in [-0.3, -0.25) is 4.99 Å². The summed E-state index contributed by atoms with van der Waals surface area (Å²) in [5.41, 5.74) is 1.81. The number of nitrogens with zero attached hydrogens (tertiary/aromatic N) is 2. The minimum absolute atomic E-state index is 0. The van der Waals surface area contributed by atoms with E-state index in [1.165, 1.54) is 18.2 Å². The molecule has 2 N–H and O–H groups in total. The summed E-state index contributed by atoms with van der Waals surface area (Å²) in [6.45, 7) is 1.28. The summed E-state index contributed by atoms with van der Waals surface area (Å²) in [4.78, 5) is 4.07. The Morgan fingerprint density at radius 1 is 1.18 bits per heavy atom. The van der Waals surface area contributed by atoms with Crippen LogP contribution >= 0.6 is 24.0 Å². The second-order valence-electron chi connectivity index (χ2n) is 5.61. The molecular weight excluding hydrogens is 488 g/mol. The van der Waals surface area contributed by atoms with Crippen molar-refractivity contribution in [3.05, 3.63) is 46.6 Å². The maximum Gasteiger partial charge on any atom is 0.387 e. The summed E-state index contributed by atoms with van der Waals surface area (Å²) >= 11 is 0. The molecule has 0 unspecified atom stereocenters. The molecule has 2 aromatic rings. The van der Waals surface area contributed by atoms with Crippen LogP contribution in [0.2, 0.25) is 0 Å². The predicted molar refractivity (Wildman–Crippen MR) is 111 cm³/mol. The van der Waals surface area contributed by atoms with Crippen LogP contribution in [0.4, 0.5) is 13.2 Å². The SMILES string of the molecule is CCc1noc(CC)c1CNC(=NC)NCc1c(F)cccc1OC(F)F.I. The van der Waals surface area contributed by atoms with E-state index < -0.39 is 12.4 Å². The van der Waals surface area contributed by atoms with Crippen LogP contribution in [0.25, 0.3) is 0 Å². The van der Waals surface area contributed by atoms with Gasteiger partial charge in [-0.1, -0.05) is 25.1 Å². The van der Waals surface area contributed by atoms with Gasteiger partial charge in [0.1, 0.15) is 17.3 Å². The van der Waals surface area contributed by atoms with Gasteiger partial charge in [0.25, 0.3) is 0 Å². The fourth-order valence-corrected chi connectivity index (χ4v) is 2.62. The molecule has 0 spiro atoms. The molecule has 6 nitrogen and oxygen atoms in total. The van der Waals surface area contributed by atoms with Crippen molar-refractivity contribution < 1.29 is 22.4 Å². The van der Waals surface area contributed by atoms with Crippen molar-refractivity contribution >= 4 is 29.9 Å². The highest BCUT2D eigenvalue weighted by Gasteiger charge is 2.16. The number of hydrogen-bond donors (Lipinski definition) is 2. The Labute approximate surface area is 178 Å². The fourth-order valence-electron chi connectivity index (χ4n) is 2.62. The van der Waals surface area contributed by atoms with E-state index in [2.05, 4.69) is 25.5 Å². The molecule has 10 heteroatoms. The standard InChI is InChI=1S/C18H23F3N4O2.HI/c1-4-14-12(15(5-2)27-25-14)10-24-18(22-3)23-9-11-13(19)7-6-8-16(11)26-17(20)21;/h6-8,17H,4-5,9-10H2,1-3H3,(H2,22,23,24);1H. The van der Waals surface area contributed by atoms with Gasteiger partial charge in [0, 0.05) is 37.7 Å². The number of halogens is 4. The Hall–Kier alpha value is -1.98. The number of alkyl halides is 2. The molecule has 0 saturated carbocycles. The zero-order valence-corrected chi connectivity index (χ0v) is 18.2. The van der Waals surface area contributed by atoms with E-state index in [1.54, 1.807) is 7.05 Å². The van der Waals surface area contributed by atoms with Crippen LogP contribution in [0.15, 0.2) is 27.7 Å². The summed E-state index contributed by atoms with van der Waals surface area (Å²) < 4.78 is 48.7. The second kappa shape index (κ2) is 11.8. The lowest BCUT2D eigenvalue weighted by Crippen LogP contribution is -2.37. The van der Waals surface area contributed by atoms with E-state index in [0.717, 1.165) is 23.4 Å². The third-order valence-corrected chi connectivity index (χ3v) is 3.99. The lowest BCUT2D eigenvalue weighted by molar-refractivity contribution is -0.0506. The Morgan fingerprint density at radius 2 is 1.86 bits per heavy atom. The number of aromatic nitrogens is 1. The van der Waals surface area contributed by atoms with Crippen molar-refractivity contribution in [2.24, 2.45) is 4.99 Å². The molecule has 156 valence electrons. The summed E-state index contributed by atoms with van der Waals surface area (Å²) in [6.07, 6.45) is 1.44. The quantitative estimate of drug-likeness (QED) is 0.318. The third kappa shape index (κ3) is 6.28. The highest BCUT2D eigenvalue weighted by atomic mass is 127. The summed E-state index contributed by atoms with van der Waals surface area (Å²) in [5, 5.41) is 10.0. The van der Waals surface area contributed by atoms with Crippen molar-refractivity contribution in [3.8, 4) is 5.75 Å². The van der Waals surface area contributed by atoms with Crippen LogP contribution < -0.4 is 15.4 Å². The molecule has 28 heavy (non-hydrogen) atoms. The number of aryl methyl sites for hydroxylation is 2. The molecule has 0 aliphatic heterocycles. The molecule has 1 aromatic heterocycles. The van der Waals surface area contributed by atoms with Crippen LogP contribution in [-0.2, 0) is 25.9 Å². The lowest BCUT2D eigenvalue weighted by Gasteiger charge is -2.15. The molecule has 2 rings (SSSR count). The largest absolute Gasteiger partial charge is 0.434 e. The van der Waals surface area contributed by atoms with E-state index in [0.29, 0.717) is 18.9 Å². The Morgan fingerprint density at radius 3 is 2.43 bits per heavy atom. The number of hydrogen-bond acceptors (Lipinski definition) is 4. The van der Waals surface area contributed by atoms with Gasteiger partial charge in [-0.25, -0.2) is 4.39 Å². The molecule has 1 aromatic carbocycles. The monoisotopic (exact) mass is 512 g/mol. The van der Waals surface area contributed by atoms with Crippen molar-refractivity contribution in [1.82, 2.24) is 15.8 Å². The molecule has 0 radical (unpaired) electrons. The Bertz CT molecular complexity index is 763. The molecule has 1 heterocycles. The predicted octanol–water partition coefficient (Wildman–Crippen LogP) is 4.02. The van der Waals surface area contributed by atoms with Gasteiger partial charge in [0.05, 0.1) is 5.69 Å². The van der Waals surface area contributed by atoms with Crippen LogP contribution in [0.5, 0.6) is 5.75 Å². The van der Waals surface area contributed by atoms with Gasteiger partial charge < -0.3 is 19.9 Å². The van der Waals surface area contributed by atoms with Crippen molar-refractivity contribution in [3.63, 3.8) is 0 Å². The Kier molecular flexibility index (Phi) is 10.1. The van der Waals surface area contributed by atoms with Crippen molar-refractivity contribution in [2.45, 2.75) is 46.4 Å². The first-order valence-electron chi connectivity index (χ1n) is 8.63.